The first-order chi connectivity index (χ1) is 20.9. The van der Waals surface area contributed by atoms with Crippen LogP contribution in [0.25, 0.3) is 0 Å². The van der Waals surface area contributed by atoms with Crippen LogP contribution in [0.4, 0.5) is 4.79 Å². The van der Waals surface area contributed by atoms with Crippen LogP contribution < -0.4 is 10.1 Å². The molecule has 12 heteroatoms. The van der Waals surface area contributed by atoms with Crippen LogP contribution in [0.1, 0.15) is 45.6 Å². The fraction of sp³-hybridized carbons (Fsp3) is 0.562. The number of Topliss-reactive ketones (excluding diaryl/α,β-unsaturated/α-hetero) is 1. The summed E-state index contributed by atoms with van der Waals surface area (Å²) in [6.45, 7) is 5.77. The Morgan fingerprint density at radius 1 is 1.11 bits per heavy atom. The van der Waals surface area contributed by atoms with Crippen LogP contribution in [0.3, 0.4) is 0 Å². The number of carbonyl (C=O) groups excluding carboxylic acids is 2. The number of sulfonamides is 1. The first-order valence-corrected chi connectivity index (χ1v) is 16.4. The number of hydrogen-bond acceptors (Lipinski definition) is 9. The van der Waals surface area contributed by atoms with Crippen LogP contribution >= 0.6 is 0 Å². The molecule has 2 saturated heterocycles. The predicted molar refractivity (Wildman–Crippen MR) is 163 cm³/mol. The molecule has 0 saturated carbocycles. The summed E-state index contributed by atoms with van der Waals surface area (Å²) in [6.07, 6.45) is -1.19. The van der Waals surface area contributed by atoms with E-state index in [1.807, 2.05) is 44.2 Å². The van der Waals surface area contributed by atoms with Gasteiger partial charge in [0.25, 0.3) is 0 Å². The molecule has 2 aromatic rings. The van der Waals surface area contributed by atoms with Gasteiger partial charge in [0.15, 0.2) is 6.29 Å². The van der Waals surface area contributed by atoms with Crippen molar-refractivity contribution in [3.8, 4) is 5.75 Å². The van der Waals surface area contributed by atoms with E-state index >= 15 is 0 Å². The van der Waals surface area contributed by atoms with Crippen LogP contribution in [-0.4, -0.2) is 87.7 Å². The normalized spacial score (nSPS) is 21.5. The minimum absolute atomic E-state index is 0.0106. The molecule has 2 heterocycles. The average molecular weight is 633 g/mol. The highest BCUT2D eigenvalue weighted by Crippen LogP contribution is 2.33. The number of ether oxygens (including phenoxy) is 4. The molecule has 4 rings (SSSR count). The molecule has 0 spiro atoms. The molecule has 0 aliphatic carbocycles. The monoisotopic (exact) mass is 632 g/mol. The summed E-state index contributed by atoms with van der Waals surface area (Å²) in [5, 5.41) is 14.4. The zero-order valence-corrected chi connectivity index (χ0v) is 26.6. The van der Waals surface area contributed by atoms with Crippen molar-refractivity contribution < 1.29 is 42.1 Å². The molecule has 2 fully saturated rings. The first-order valence-electron chi connectivity index (χ1n) is 14.9. The second-order valence-electron chi connectivity index (χ2n) is 12.3. The number of rotatable bonds is 15. The fourth-order valence-corrected chi connectivity index (χ4v) is 7.22. The number of amides is 1. The molecule has 242 valence electrons. The Morgan fingerprint density at radius 2 is 1.82 bits per heavy atom. The maximum Gasteiger partial charge on any atom is 0.407 e. The summed E-state index contributed by atoms with van der Waals surface area (Å²) in [7, 11) is -2.60. The number of fused-ring (bicyclic) bond motifs is 1. The third-order valence-corrected chi connectivity index (χ3v) is 9.98. The van der Waals surface area contributed by atoms with Crippen LogP contribution in [0.2, 0.25) is 0 Å². The van der Waals surface area contributed by atoms with Crippen molar-refractivity contribution in [3.63, 3.8) is 0 Å². The minimum atomic E-state index is -4.10. The Morgan fingerprint density at radius 3 is 2.48 bits per heavy atom. The van der Waals surface area contributed by atoms with Crippen molar-refractivity contribution in [2.45, 2.75) is 75.9 Å². The van der Waals surface area contributed by atoms with E-state index in [9.17, 15) is 23.1 Å². The second kappa shape index (κ2) is 14.8. The Kier molecular flexibility index (Phi) is 11.4. The molecule has 0 bridgehead atoms. The van der Waals surface area contributed by atoms with Gasteiger partial charge in [0.2, 0.25) is 10.0 Å². The zero-order valence-electron chi connectivity index (χ0n) is 25.8. The zero-order chi connectivity index (χ0) is 31.9. The van der Waals surface area contributed by atoms with Gasteiger partial charge < -0.3 is 34.2 Å². The van der Waals surface area contributed by atoms with Gasteiger partial charge in [-0.1, -0.05) is 44.2 Å². The van der Waals surface area contributed by atoms with Crippen LogP contribution in [0.5, 0.6) is 5.75 Å². The lowest BCUT2D eigenvalue weighted by atomic mass is 9.87. The van der Waals surface area contributed by atoms with E-state index in [1.54, 1.807) is 12.1 Å². The maximum atomic E-state index is 14.0. The Bertz CT molecular complexity index is 1350. The number of hydrogen-bond donors (Lipinski definition) is 2. The summed E-state index contributed by atoms with van der Waals surface area (Å²) in [6, 6.07) is 14.5. The lowest BCUT2D eigenvalue weighted by Gasteiger charge is -2.35. The van der Waals surface area contributed by atoms with E-state index in [0.29, 0.717) is 25.2 Å². The van der Waals surface area contributed by atoms with Gasteiger partial charge in [-0.3, -0.25) is 0 Å². The molecule has 11 nitrogen and oxygen atoms in total. The largest absolute Gasteiger partial charge is 0.497 e. The highest BCUT2D eigenvalue weighted by molar-refractivity contribution is 7.89. The highest BCUT2D eigenvalue weighted by Gasteiger charge is 2.44. The molecule has 2 aromatic carbocycles. The van der Waals surface area contributed by atoms with Gasteiger partial charge in [-0.2, -0.15) is 4.31 Å². The smallest absolute Gasteiger partial charge is 0.407 e. The van der Waals surface area contributed by atoms with E-state index in [-0.39, 0.29) is 49.0 Å². The van der Waals surface area contributed by atoms with Gasteiger partial charge in [0, 0.05) is 19.5 Å². The highest BCUT2D eigenvalue weighted by atomic mass is 32.2. The van der Waals surface area contributed by atoms with E-state index in [4.69, 9.17) is 18.9 Å². The van der Waals surface area contributed by atoms with Crippen molar-refractivity contribution in [3.05, 3.63) is 60.2 Å². The van der Waals surface area contributed by atoms with Crippen molar-refractivity contribution >= 4 is 21.9 Å². The number of aliphatic hydroxyl groups is 1. The summed E-state index contributed by atoms with van der Waals surface area (Å²) >= 11 is 0. The third kappa shape index (κ3) is 9.01. The Hall–Kier alpha value is -3.03. The first kappa shape index (κ1) is 33.9. The third-order valence-electron chi connectivity index (χ3n) is 8.16. The fourth-order valence-electron chi connectivity index (χ4n) is 5.57. The molecular weight excluding hydrogens is 588 g/mol. The van der Waals surface area contributed by atoms with Gasteiger partial charge in [-0.05, 0) is 61.4 Å². The van der Waals surface area contributed by atoms with Crippen molar-refractivity contribution in [2.75, 3.05) is 33.4 Å². The molecule has 0 radical (unpaired) electrons. The number of aliphatic hydroxyl groups excluding tert-OH is 1. The van der Waals surface area contributed by atoms with E-state index in [1.165, 1.54) is 30.5 Å². The lowest BCUT2D eigenvalue weighted by molar-refractivity contribution is -0.117. The van der Waals surface area contributed by atoms with Crippen molar-refractivity contribution in [1.82, 2.24) is 9.62 Å². The molecular formula is C32H44N2O9S. The number of carbonyl (C=O) groups is 2. The number of nitrogens with zero attached hydrogens (tertiary/aromatic N) is 1. The molecule has 5 atom stereocenters. The SMILES string of the molecule is COc1ccc(S(=O)(=O)N(CC(O)[C@H](Cc2ccccc2)NC(=O)OC2COC3OCCC23)CC(C)(C)CCC(C)=O)cc1. The number of ketones is 1. The standard InChI is InChI=1S/C32H44N2O9S/c1-22(35)14-16-32(2,3)21-34(44(38,39)25-12-10-24(40-4)11-13-25)19-28(36)27(18-23-8-6-5-7-9-23)33-31(37)43-29-20-42-30-26(29)15-17-41-30/h5-13,26-30,36H,14-21H2,1-4H3,(H,33,37)/t26?,27-,28?,29?,30?/m0/s1. The van der Waals surface area contributed by atoms with Crippen molar-refractivity contribution in [2.24, 2.45) is 11.3 Å². The molecule has 2 N–H and O–H groups in total. The minimum Gasteiger partial charge on any atom is -0.497 e. The maximum absolute atomic E-state index is 14.0. The van der Waals surface area contributed by atoms with Gasteiger partial charge >= 0.3 is 6.09 Å². The summed E-state index contributed by atoms with van der Waals surface area (Å²) < 4.78 is 51.2. The second-order valence-corrected chi connectivity index (χ2v) is 14.3. The van der Waals surface area contributed by atoms with Gasteiger partial charge in [-0.25, -0.2) is 13.2 Å². The number of alkyl carbamates (subject to hydrolysis) is 1. The molecule has 0 aromatic heterocycles. The molecule has 2 aliphatic rings. The summed E-state index contributed by atoms with van der Waals surface area (Å²) in [4.78, 5) is 24.9. The summed E-state index contributed by atoms with van der Waals surface area (Å²) in [5.41, 5.74) is 0.255. The van der Waals surface area contributed by atoms with Crippen LogP contribution in [0, 0.1) is 11.3 Å². The van der Waals surface area contributed by atoms with Crippen LogP contribution in [-0.2, 0) is 35.4 Å². The number of benzene rings is 2. The molecule has 4 unspecified atom stereocenters. The molecule has 1 amide bonds. The van der Waals surface area contributed by atoms with E-state index in [2.05, 4.69) is 5.32 Å². The Labute approximate surface area is 259 Å². The van der Waals surface area contributed by atoms with Gasteiger partial charge in [0.05, 0.1) is 43.3 Å². The topological polar surface area (TPSA) is 141 Å². The number of nitrogens with one attached hydrogen (secondary N) is 1. The lowest BCUT2D eigenvalue weighted by Crippen LogP contribution is -2.52. The Balaban J connectivity index is 1.57. The van der Waals surface area contributed by atoms with Crippen LogP contribution in [0.15, 0.2) is 59.5 Å². The van der Waals surface area contributed by atoms with Gasteiger partial charge in [-0.15, -0.1) is 0 Å². The quantitative estimate of drug-likeness (QED) is 0.302. The predicted octanol–water partition coefficient (Wildman–Crippen LogP) is 3.54. The van der Waals surface area contributed by atoms with Gasteiger partial charge in [0.1, 0.15) is 17.6 Å². The number of methoxy groups -OCH3 is 1. The molecule has 44 heavy (non-hydrogen) atoms. The average Bonchev–Trinajstić information content (AvgIpc) is 3.61. The van der Waals surface area contributed by atoms with E-state index in [0.717, 1.165) is 12.0 Å². The molecule has 2 aliphatic heterocycles. The van der Waals surface area contributed by atoms with E-state index < -0.39 is 39.8 Å². The van der Waals surface area contributed by atoms with Crippen molar-refractivity contribution in [1.29, 1.82) is 0 Å². The summed E-state index contributed by atoms with van der Waals surface area (Å²) in [5.74, 6) is 0.461.